The molecule has 1 rings (SSSR count). The second kappa shape index (κ2) is 6.87. The van der Waals surface area contributed by atoms with Crippen LogP contribution in [0.3, 0.4) is 0 Å². The van der Waals surface area contributed by atoms with Gasteiger partial charge < -0.3 is 15.5 Å². The summed E-state index contributed by atoms with van der Waals surface area (Å²) >= 11 is 4.93. The summed E-state index contributed by atoms with van der Waals surface area (Å²) in [5, 5.41) is 26.1. The summed E-state index contributed by atoms with van der Waals surface area (Å²) in [6, 6.07) is 0. The van der Waals surface area contributed by atoms with Crippen LogP contribution < -0.4 is 10.7 Å². The minimum absolute atomic E-state index is 0.00136. The number of nitrogens with zero attached hydrogens (tertiary/aromatic N) is 2. The zero-order valence-electron chi connectivity index (χ0n) is 10.3. The fraction of sp³-hybridized carbons (Fsp3) is 0.364. The van der Waals surface area contributed by atoms with E-state index in [9.17, 15) is 5.11 Å². The van der Waals surface area contributed by atoms with Crippen molar-refractivity contribution < 1.29 is 10.2 Å². The number of nitrogens with one attached hydrogen (secondary N) is 2. The maximum atomic E-state index is 9.84. The Hall–Kier alpha value is -1.73. The topological polar surface area (TPSA) is 89.8 Å². The highest BCUT2D eigenvalue weighted by molar-refractivity contribution is 7.80. The van der Waals surface area contributed by atoms with Gasteiger partial charge >= 0.3 is 0 Å². The van der Waals surface area contributed by atoms with Gasteiger partial charge in [-0.05, 0) is 26.1 Å². The van der Waals surface area contributed by atoms with Gasteiger partial charge in [0, 0.05) is 23.9 Å². The molecular formula is C11H16N4O2S. The van der Waals surface area contributed by atoms with Crippen molar-refractivity contribution in [1.29, 1.82) is 0 Å². The fourth-order valence-corrected chi connectivity index (χ4v) is 1.48. The van der Waals surface area contributed by atoms with Gasteiger partial charge in [-0.1, -0.05) is 0 Å². The van der Waals surface area contributed by atoms with E-state index in [1.165, 1.54) is 12.4 Å². The van der Waals surface area contributed by atoms with Gasteiger partial charge in [-0.15, -0.1) is 0 Å². The van der Waals surface area contributed by atoms with E-state index in [2.05, 4.69) is 20.8 Å². The standard InChI is InChI=1S/C11H16N4O2S/c1-3-12-11(18)15-14-5-9-8(6-16)4-13-7(2)10(9)17/h4-5,16-17H,3,6H2,1-2H3,(H2,12,15,18). The minimum Gasteiger partial charge on any atom is -0.505 e. The molecular weight excluding hydrogens is 252 g/mol. The lowest BCUT2D eigenvalue weighted by Crippen LogP contribution is -2.31. The van der Waals surface area contributed by atoms with E-state index in [1.807, 2.05) is 6.92 Å². The fourth-order valence-electron chi connectivity index (χ4n) is 1.28. The number of aromatic hydroxyl groups is 1. The second-order valence-electron chi connectivity index (χ2n) is 3.52. The minimum atomic E-state index is -0.222. The maximum Gasteiger partial charge on any atom is 0.186 e. The molecule has 0 atom stereocenters. The SMILES string of the molecule is CCNC(=S)NN=Cc1c(CO)cnc(C)c1O. The second-order valence-corrected chi connectivity index (χ2v) is 3.93. The summed E-state index contributed by atoms with van der Waals surface area (Å²) in [5.74, 6) is 0.00136. The van der Waals surface area contributed by atoms with Crippen LogP contribution in [0.5, 0.6) is 5.75 Å². The molecule has 0 spiro atoms. The van der Waals surface area contributed by atoms with Gasteiger partial charge in [-0.3, -0.25) is 10.4 Å². The molecule has 7 heteroatoms. The predicted octanol–water partition coefficient (Wildman–Crippen LogP) is 0.406. The summed E-state index contributed by atoms with van der Waals surface area (Å²) in [4.78, 5) is 3.95. The third-order valence-electron chi connectivity index (χ3n) is 2.23. The summed E-state index contributed by atoms with van der Waals surface area (Å²) < 4.78 is 0. The maximum absolute atomic E-state index is 9.84. The largest absolute Gasteiger partial charge is 0.505 e. The smallest absolute Gasteiger partial charge is 0.186 e. The van der Waals surface area contributed by atoms with E-state index in [0.717, 1.165) is 0 Å². The van der Waals surface area contributed by atoms with Crippen LogP contribution in [0.1, 0.15) is 23.7 Å². The molecule has 18 heavy (non-hydrogen) atoms. The number of hydrazone groups is 1. The Bertz CT molecular complexity index is 463. The molecule has 0 saturated carbocycles. The molecule has 0 amide bonds. The van der Waals surface area contributed by atoms with E-state index in [1.54, 1.807) is 6.92 Å². The summed E-state index contributed by atoms with van der Waals surface area (Å²) in [7, 11) is 0. The molecule has 4 N–H and O–H groups in total. The number of pyridine rings is 1. The first-order valence-corrected chi connectivity index (χ1v) is 5.86. The van der Waals surface area contributed by atoms with Crippen molar-refractivity contribution in [3.05, 3.63) is 23.0 Å². The van der Waals surface area contributed by atoms with Gasteiger partial charge in [-0.25, -0.2) is 0 Å². The lowest BCUT2D eigenvalue weighted by molar-refractivity contribution is 0.280. The highest BCUT2D eigenvalue weighted by Gasteiger charge is 2.09. The molecule has 6 nitrogen and oxygen atoms in total. The van der Waals surface area contributed by atoms with Crippen molar-refractivity contribution >= 4 is 23.5 Å². The van der Waals surface area contributed by atoms with Gasteiger partial charge in [0.15, 0.2) is 5.11 Å². The molecule has 0 saturated heterocycles. The number of hydrogen-bond acceptors (Lipinski definition) is 5. The Morgan fingerprint density at radius 3 is 2.94 bits per heavy atom. The van der Waals surface area contributed by atoms with E-state index >= 15 is 0 Å². The molecule has 1 aromatic rings. The molecule has 0 radical (unpaired) electrons. The first-order valence-electron chi connectivity index (χ1n) is 5.45. The van der Waals surface area contributed by atoms with Crippen LogP contribution in [0.4, 0.5) is 0 Å². The molecule has 0 aliphatic heterocycles. The molecule has 1 heterocycles. The average molecular weight is 268 g/mol. The summed E-state index contributed by atoms with van der Waals surface area (Å²) in [6.07, 6.45) is 2.90. The highest BCUT2D eigenvalue weighted by Crippen LogP contribution is 2.21. The Kier molecular flexibility index (Phi) is 5.47. The van der Waals surface area contributed by atoms with Crippen LogP contribution in [-0.4, -0.2) is 33.1 Å². The van der Waals surface area contributed by atoms with E-state index in [-0.39, 0.29) is 12.4 Å². The number of aliphatic hydroxyl groups excluding tert-OH is 1. The lowest BCUT2D eigenvalue weighted by Gasteiger charge is -2.07. The van der Waals surface area contributed by atoms with E-state index in [4.69, 9.17) is 17.3 Å². The molecule has 98 valence electrons. The molecule has 1 aromatic heterocycles. The molecule has 0 bridgehead atoms. The lowest BCUT2D eigenvalue weighted by atomic mass is 10.1. The molecule has 0 aliphatic carbocycles. The third kappa shape index (κ3) is 3.64. The number of aliphatic hydroxyl groups is 1. The van der Waals surface area contributed by atoms with Gasteiger partial charge in [0.05, 0.1) is 18.5 Å². The number of aromatic nitrogens is 1. The van der Waals surface area contributed by atoms with Gasteiger partial charge in [0.2, 0.25) is 0 Å². The van der Waals surface area contributed by atoms with E-state index in [0.29, 0.717) is 28.5 Å². The average Bonchev–Trinajstić information content (AvgIpc) is 2.35. The number of rotatable bonds is 4. The molecule has 0 aliphatic rings. The first-order chi connectivity index (χ1) is 8.60. The van der Waals surface area contributed by atoms with Crippen LogP contribution >= 0.6 is 12.2 Å². The van der Waals surface area contributed by atoms with Crippen LogP contribution in [0.25, 0.3) is 0 Å². The van der Waals surface area contributed by atoms with Crippen LogP contribution in [0.2, 0.25) is 0 Å². The Morgan fingerprint density at radius 2 is 2.33 bits per heavy atom. The van der Waals surface area contributed by atoms with Crippen molar-refractivity contribution in [3.8, 4) is 5.75 Å². The Morgan fingerprint density at radius 1 is 1.61 bits per heavy atom. The van der Waals surface area contributed by atoms with E-state index < -0.39 is 0 Å². The van der Waals surface area contributed by atoms with Crippen molar-refractivity contribution in [1.82, 2.24) is 15.7 Å². The molecule has 0 fully saturated rings. The van der Waals surface area contributed by atoms with Crippen molar-refractivity contribution in [2.75, 3.05) is 6.54 Å². The zero-order valence-corrected chi connectivity index (χ0v) is 11.1. The summed E-state index contributed by atoms with van der Waals surface area (Å²) in [6.45, 7) is 4.06. The summed E-state index contributed by atoms with van der Waals surface area (Å²) in [5.41, 5.74) is 4.01. The van der Waals surface area contributed by atoms with Gasteiger partial charge in [0.1, 0.15) is 5.75 Å². The van der Waals surface area contributed by atoms with Crippen LogP contribution in [-0.2, 0) is 6.61 Å². The Balaban J connectivity index is 2.86. The van der Waals surface area contributed by atoms with Crippen molar-refractivity contribution in [3.63, 3.8) is 0 Å². The number of aryl methyl sites for hydroxylation is 1. The van der Waals surface area contributed by atoms with Crippen molar-refractivity contribution in [2.45, 2.75) is 20.5 Å². The number of thiocarbonyl (C=S) groups is 1. The predicted molar refractivity (Wildman–Crippen MR) is 73.6 cm³/mol. The monoisotopic (exact) mass is 268 g/mol. The quantitative estimate of drug-likeness (QED) is 0.359. The van der Waals surface area contributed by atoms with Gasteiger partial charge in [0.25, 0.3) is 0 Å². The van der Waals surface area contributed by atoms with Crippen LogP contribution in [0, 0.1) is 6.92 Å². The number of hydrogen-bond donors (Lipinski definition) is 4. The zero-order chi connectivity index (χ0) is 13.5. The van der Waals surface area contributed by atoms with Gasteiger partial charge in [-0.2, -0.15) is 5.10 Å². The highest BCUT2D eigenvalue weighted by atomic mass is 32.1. The molecule has 0 unspecified atom stereocenters. The molecule has 0 aromatic carbocycles. The third-order valence-corrected chi connectivity index (χ3v) is 2.46. The first kappa shape index (κ1) is 14.3. The Labute approximate surface area is 111 Å². The van der Waals surface area contributed by atoms with Crippen LogP contribution in [0.15, 0.2) is 11.3 Å². The van der Waals surface area contributed by atoms with Crippen molar-refractivity contribution in [2.24, 2.45) is 5.10 Å². The normalized spacial score (nSPS) is 10.6.